The van der Waals surface area contributed by atoms with Crippen LogP contribution in [-0.2, 0) is 19.9 Å². The fourth-order valence-corrected chi connectivity index (χ4v) is 4.83. The van der Waals surface area contributed by atoms with Crippen molar-refractivity contribution in [2.45, 2.75) is 31.7 Å². The average Bonchev–Trinajstić information content (AvgIpc) is 2.21. The number of nitrogens with one attached hydrogen (secondary N) is 1. The summed E-state index contributed by atoms with van der Waals surface area (Å²) in [7, 11) is -6.24. The highest BCUT2D eigenvalue weighted by atomic mass is 35.5. The number of rotatable bonds is 6. The minimum Gasteiger partial charge on any atom is -0.229 e. The molecule has 5 nitrogen and oxygen atoms in total. The normalized spacial score (nSPS) is 21.5. The Morgan fingerprint density at radius 1 is 1.18 bits per heavy atom. The predicted molar refractivity (Wildman–Crippen MR) is 68.6 cm³/mol. The van der Waals surface area contributed by atoms with Crippen LogP contribution < -0.4 is 4.72 Å². The maximum Gasteiger partial charge on any atom is 0.211 e. The van der Waals surface area contributed by atoms with Gasteiger partial charge in [-0.2, -0.15) is 0 Å². The molecule has 0 bridgehead atoms. The van der Waals surface area contributed by atoms with E-state index in [0.29, 0.717) is 31.6 Å². The summed E-state index contributed by atoms with van der Waals surface area (Å²) in [5.41, 5.74) is 0. The minimum absolute atomic E-state index is 0.0585. The molecule has 0 aliphatic carbocycles. The average molecular weight is 304 g/mol. The molecule has 1 aliphatic rings. The van der Waals surface area contributed by atoms with Crippen molar-refractivity contribution in [3.63, 3.8) is 0 Å². The third-order valence-electron chi connectivity index (χ3n) is 2.70. The van der Waals surface area contributed by atoms with Gasteiger partial charge in [-0.15, -0.1) is 11.6 Å². The van der Waals surface area contributed by atoms with Crippen molar-refractivity contribution in [2.24, 2.45) is 0 Å². The monoisotopic (exact) mass is 303 g/mol. The van der Waals surface area contributed by atoms with Crippen LogP contribution >= 0.6 is 11.6 Å². The Bertz CT molecular complexity index is 418. The standard InChI is InChI=1S/C9H18ClNO4S2/c10-5-1-2-6-17(14,15)11-9-3-7-16(12,13)8-4-9/h9,11H,1-8H2. The summed E-state index contributed by atoms with van der Waals surface area (Å²) >= 11 is 5.47. The third kappa shape index (κ3) is 6.03. The summed E-state index contributed by atoms with van der Waals surface area (Å²) in [6.45, 7) is 0. The van der Waals surface area contributed by atoms with Crippen molar-refractivity contribution in [1.29, 1.82) is 0 Å². The smallest absolute Gasteiger partial charge is 0.211 e. The molecule has 17 heavy (non-hydrogen) atoms. The molecule has 1 rings (SSSR count). The first kappa shape index (κ1) is 15.2. The van der Waals surface area contributed by atoms with Gasteiger partial charge in [-0.25, -0.2) is 21.6 Å². The zero-order chi connectivity index (χ0) is 12.9. The van der Waals surface area contributed by atoms with E-state index in [-0.39, 0.29) is 23.3 Å². The van der Waals surface area contributed by atoms with Gasteiger partial charge in [0.2, 0.25) is 10.0 Å². The van der Waals surface area contributed by atoms with Crippen molar-refractivity contribution in [3.8, 4) is 0 Å². The van der Waals surface area contributed by atoms with Crippen molar-refractivity contribution < 1.29 is 16.8 Å². The van der Waals surface area contributed by atoms with Gasteiger partial charge in [-0.3, -0.25) is 0 Å². The number of sulfone groups is 1. The van der Waals surface area contributed by atoms with Gasteiger partial charge in [0, 0.05) is 11.9 Å². The van der Waals surface area contributed by atoms with Crippen LogP contribution in [0.5, 0.6) is 0 Å². The number of hydrogen-bond acceptors (Lipinski definition) is 4. The molecule has 0 radical (unpaired) electrons. The molecule has 0 saturated carbocycles. The van der Waals surface area contributed by atoms with Gasteiger partial charge in [-0.1, -0.05) is 0 Å². The van der Waals surface area contributed by atoms with Crippen LogP contribution in [0.25, 0.3) is 0 Å². The van der Waals surface area contributed by atoms with Crippen molar-refractivity contribution in [1.82, 2.24) is 4.72 Å². The SMILES string of the molecule is O=S1(=O)CCC(NS(=O)(=O)CCCCCl)CC1. The molecule has 0 unspecified atom stereocenters. The maximum atomic E-state index is 11.6. The second-order valence-corrected chi connectivity index (χ2v) is 8.81. The number of alkyl halides is 1. The quantitative estimate of drug-likeness (QED) is 0.572. The summed E-state index contributed by atoms with van der Waals surface area (Å²) in [4.78, 5) is 0. The lowest BCUT2D eigenvalue weighted by atomic mass is 10.2. The fraction of sp³-hybridized carbons (Fsp3) is 1.00. The zero-order valence-electron chi connectivity index (χ0n) is 9.56. The van der Waals surface area contributed by atoms with E-state index in [4.69, 9.17) is 11.6 Å². The van der Waals surface area contributed by atoms with Crippen LogP contribution in [-0.4, -0.2) is 46.0 Å². The molecular formula is C9H18ClNO4S2. The van der Waals surface area contributed by atoms with E-state index in [1.54, 1.807) is 0 Å². The van der Waals surface area contributed by atoms with Gasteiger partial charge in [-0.05, 0) is 25.7 Å². The molecule has 0 aromatic carbocycles. The molecule has 1 N–H and O–H groups in total. The molecule has 0 atom stereocenters. The van der Waals surface area contributed by atoms with Gasteiger partial charge in [0.1, 0.15) is 9.84 Å². The molecule has 8 heteroatoms. The summed E-state index contributed by atoms with van der Waals surface area (Å²) in [5.74, 6) is 0.657. The molecule has 1 fully saturated rings. The number of unbranched alkanes of at least 4 members (excludes halogenated alkanes) is 1. The summed E-state index contributed by atoms with van der Waals surface area (Å²) in [6, 6.07) is -0.237. The fourth-order valence-electron chi connectivity index (χ4n) is 1.71. The van der Waals surface area contributed by atoms with Crippen LogP contribution in [0.2, 0.25) is 0 Å². The predicted octanol–water partition coefficient (Wildman–Crippen LogP) is 0.502. The van der Waals surface area contributed by atoms with E-state index >= 15 is 0 Å². The van der Waals surface area contributed by atoms with E-state index in [1.165, 1.54) is 0 Å². The molecule has 1 heterocycles. The first-order chi connectivity index (χ1) is 7.85. The largest absolute Gasteiger partial charge is 0.229 e. The van der Waals surface area contributed by atoms with Gasteiger partial charge in [0.15, 0.2) is 0 Å². The van der Waals surface area contributed by atoms with Gasteiger partial charge in [0.05, 0.1) is 17.3 Å². The highest BCUT2D eigenvalue weighted by Gasteiger charge is 2.26. The number of hydrogen-bond donors (Lipinski definition) is 1. The molecule has 0 aromatic rings. The molecule has 0 amide bonds. The second-order valence-electron chi connectivity index (χ2n) is 4.26. The van der Waals surface area contributed by atoms with Gasteiger partial charge >= 0.3 is 0 Å². The number of sulfonamides is 1. The van der Waals surface area contributed by atoms with Crippen LogP contribution in [0.3, 0.4) is 0 Å². The molecule has 102 valence electrons. The Kier molecular flexibility index (Phi) is 5.69. The van der Waals surface area contributed by atoms with E-state index in [1.807, 2.05) is 0 Å². The Hall–Kier alpha value is 0.150. The van der Waals surface area contributed by atoms with E-state index in [9.17, 15) is 16.8 Å². The first-order valence-corrected chi connectivity index (χ1v) is 9.62. The molecule has 0 aromatic heterocycles. The van der Waals surface area contributed by atoms with E-state index < -0.39 is 19.9 Å². The lowest BCUT2D eigenvalue weighted by Crippen LogP contribution is -2.41. The highest BCUT2D eigenvalue weighted by molar-refractivity contribution is 7.91. The lowest BCUT2D eigenvalue weighted by Gasteiger charge is -2.22. The Morgan fingerprint density at radius 3 is 2.29 bits per heavy atom. The Morgan fingerprint density at radius 2 is 1.76 bits per heavy atom. The van der Waals surface area contributed by atoms with Crippen molar-refractivity contribution >= 4 is 31.5 Å². The zero-order valence-corrected chi connectivity index (χ0v) is 12.0. The summed E-state index contributed by atoms with van der Waals surface area (Å²) in [6.07, 6.45) is 1.94. The molecule has 1 aliphatic heterocycles. The van der Waals surface area contributed by atoms with Gasteiger partial charge < -0.3 is 0 Å². The number of halogens is 1. The Labute approximate surface area is 108 Å². The van der Waals surface area contributed by atoms with Crippen LogP contribution in [0, 0.1) is 0 Å². The highest BCUT2D eigenvalue weighted by Crippen LogP contribution is 2.13. The van der Waals surface area contributed by atoms with Crippen molar-refractivity contribution in [2.75, 3.05) is 23.1 Å². The van der Waals surface area contributed by atoms with Crippen LogP contribution in [0.1, 0.15) is 25.7 Å². The summed E-state index contributed by atoms with van der Waals surface area (Å²) in [5, 5.41) is 0. The second kappa shape index (κ2) is 6.36. The summed E-state index contributed by atoms with van der Waals surface area (Å²) < 4.78 is 48.2. The van der Waals surface area contributed by atoms with Crippen LogP contribution in [0.15, 0.2) is 0 Å². The van der Waals surface area contributed by atoms with E-state index in [2.05, 4.69) is 4.72 Å². The maximum absolute atomic E-state index is 11.6. The molecule has 1 saturated heterocycles. The molecular weight excluding hydrogens is 286 g/mol. The van der Waals surface area contributed by atoms with Gasteiger partial charge in [0.25, 0.3) is 0 Å². The van der Waals surface area contributed by atoms with E-state index in [0.717, 1.165) is 0 Å². The molecule has 0 spiro atoms. The topological polar surface area (TPSA) is 80.3 Å². The first-order valence-electron chi connectivity index (χ1n) is 5.61. The Balaban J connectivity index is 2.39. The third-order valence-corrected chi connectivity index (χ3v) is 6.20. The lowest BCUT2D eigenvalue weighted by molar-refractivity contribution is 0.504. The minimum atomic E-state index is -3.29. The van der Waals surface area contributed by atoms with Crippen LogP contribution in [0.4, 0.5) is 0 Å². The van der Waals surface area contributed by atoms with Crippen molar-refractivity contribution in [3.05, 3.63) is 0 Å².